The van der Waals surface area contributed by atoms with Gasteiger partial charge in [-0.05, 0) is 68.2 Å². The van der Waals surface area contributed by atoms with Crippen molar-refractivity contribution in [3.63, 3.8) is 0 Å². The summed E-state index contributed by atoms with van der Waals surface area (Å²) in [5.41, 5.74) is 10.8. The number of rotatable bonds is 11. The van der Waals surface area contributed by atoms with Gasteiger partial charge in [-0.2, -0.15) is 0 Å². The third kappa shape index (κ3) is 7.48. The van der Waals surface area contributed by atoms with Gasteiger partial charge in [0.15, 0.2) is 6.29 Å². The number of carbonyl (C=O) groups is 1. The Morgan fingerprint density at radius 1 is 0.575 bits per heavy atom. The molecule has 0 saturated carbocycles. The fraction of sp³-hybridized carbons (Fsp3) is 0.308. The van der Waals surface area contributed by atoms with Crippen molar-refractivity contribution in [2.45, 2.75) is 73.1 Å². The minimum Gasteiger partial charge on any atom is -0.298 e. The maximum Gasteiger partial charge on any atom is 0.150 e. The van der Waals surface area contributed by atoms with Crippen LogP contribution in [0.2, 0.25) is 0 Å². The van der Waals surface area contributed by atoms with Crippen LogP contribution in [-0.2, 0) is 4.79 Å². The van der Waals surface area contributed by atoms with Crippen LogP contribution in [0.25, 0.3) is 11.1 Å². The van der Waals surface area contributed by atoms with E-state index in [1.807, 2.05) is 18.2 Å². The summed E-state index contributed by atoms with van der Waals surface area (Å²) in [5, 5.41) is 0. The molecule has 0 aliphatic carbocycles. The smallest absolute Gasteiger partial charge is 0.150 e. The molecule has 208 valence electrons. The van der Waals surface area contributed by atoms with Crippen molar-refractivity contribution in [1.82, 2.24) is 0 Å². The van der Waals surface area contributed by atoms with Gasteiger partial charge in [-0.15, -0.1) is 0 Å². The Bertz CT molecular complexity index is 1320. The second kappa shape index (κ2) is 14.1. The predicted molar refractivity (Wildman–Crippen MR) is 175 cm³/mol. The molecule has 3 aromatic carbocycles. The molecule has 0 unspecified atom stereocenters. The van der Waals surface area contributed by atoms with Crippen molar-refractivity contribution in [3.05, 3.63) is 142 Å². The molecule has 0 atom stereocenters. The van der Waals surface area contributed by atoms with E-state index in [-0.39, 0.29) is 0 Å². The van der Waals surface area contributed by atoms with Gasteiger partial charge in [0.05, 0.1) is 0 Å². The SMILES string of the molecule is C=C/C(=C\C=C(/C=O)C(=C(c1ccc(C(C)C)cc1)c1ccc(C(C)C)cc1)c1ccc(C(C)C)cc1)C(C)C. The number of allylic oxidation sites excluding steroid dienone is 6. The average Bonchev–Trinajstić information content (AvgIpc) is 2.94. The van der Waals surface area contributed by atoms with Crippen LogP contribution in [0.5, 0.6) is 0 Å². The number of hydrogen-bond acceptors (Lipinski definition) is 1. The summed E-state index contributed by atoms with van der Waals surface area (Å²) < 4.78 is 0. The van der Waals surface area contributed by atoms with E-state index in [1.165, 1.54) is 16.7 Å². The highest BCUT2D eigenvalue weighted by Gasteiger charge is 2.19. The molecule has 3 aromatic rings. The molecule has 0 radical (unpaired) electrons. The van der Waals surface area contributed by atoms with Crippen LogP contribution >= 0.6 is 0 Å². The van der Waals surface area contributed by atoms with E-state index in [1.54, 1.807) is 0 Å². The Labute approximate surface area is 243 Å². The standard InChI is InChI=1S/C39H46O/c1-10-30(26(2)3)11-24-37(25-40)39(36-22-16-33(17-23-36)29(8)9)38(34-18-12-31(13-19-34)27(4)5)35-20-14-32(15-21-35)28(6)7/h10-29H,1H2,2-9H3/b30-11+,37-24+. The molecule has 0 amide bonds. The molecule has 0 heterocycles. The van der Waals surface area contributed by atoms with Crippen LogP contribution in [0.4, 0.5) is 0 Å². The lowest BCUT2D eigenvalue weighted by molar-refractivity contribution is -0.104. The van der Waals surface area contributed by atoms with Crippen molar-refractivity contribution in [2.24, 2.45) is 5.92 Å². The van der Waals surface area contributed by atoms with Gasteiger partial charge >= 0.3 is 0 Å². The summed E-state index contributed by atoms with van der Waals surface area (Å²) in [6.07, 6.45) is 6.86. The maximum absolute atomic E-state index is 12.9. The monoisotopic (exact) mass is 530 g/mol. The first-order valence-electron chi connectivity index (χ1n) is 14.6. The first-order chi connectivity index (χ1) is 19.1. The molecule has 0 aliphatic heterocycles. The fourth-order valence-electron chi connectivity index (χ4n) is 4.88. The van der Waals surface area contributed by atoms with Crippen molar-refractivity contribution in [3.8, 4) is 0 Å². The lowest BCUT2D eigenvalue weighted by atomic mass is 9.84. The van der Waals surface area contributed by atoms with E-state index in [0.717, 1.165) is 39.7 Å². The zero-order valence-electron chi connectivity index (χ0n) is 25.7. The van der Waals surface area contributed by atoms with Crippen molar-refractivity contribution in [1.29, 1.82) is 0 Å². The van der Waals surface area contributed by atoms with Crippen LogP contribution in [0.3, 0.4) is 0 Å². The second-order valence-corrected chi connectivity index (χ2v) is 11.8. The molecule has 3 rings (SSSR count). The fourth-order valence-corrected chi connectivity index (χ4v) is 4.88. The van der Waals surface area contributed by atoms with E-state index >= 15 is 0 Å². The minimum absolute atomic E-state index is 0.311. The molecule has 0 fully saturated rings. The number of hydrogen-bond donors (Lipinski definition) is 0. The highest BCUT2D eigenvalue weighted by atomic mass is 16.1. The molecule has 1 nitrogen and oxygen atoms in total. The molecule has 0 aromatic heterocycles. The normalized spacial score (nSPS) is 12.4. The van der Waals surface area contributed by atoms with Gasteiger partial charge in [-0.1, -0.05) is 153 Å². The Kier molecular flexibility index (Phi) is 10.8. The zero-order valence-corrected chi connectivity index (χ0v) is 25.7. The third-order valence-corrected chi connectivity index (χ3v) is 7.62. The zero-order chi connectivity index (χ0) is 29.4. The second-order valence-electron chi connectivity index (χ2n) is 11.8. The largest absolute Gasteiger partial charge is 0.298 e. The van der Waals surface area contributed by atoms with Crippen molar-refractivity contribution < 1.29 is 4.79 Å². The summed E-state index contributed by atoms with van der Waals surface area (Å²) in [7, 11) is 0. The Morgan fingerprint density at radius 2 is 0.950 bits per heavy atom. The van der Waals surface area contributed by atoms with E-state index < -0.39 is 0 Å². The highest BCUT2D eigenvalue weighted by Crippen LogP contribution is 2.38. The minimum atomic E-state index is 0.311. The third-order valence-electron chi connectivity index (χ3n) is 7.62. The Balaban J connectivity index is 2.44. The van der Waals surface area contributed by atoms with E-state index in [0.29, 0.717) is 29.2 Å². The maximum atomic E-state index is 12.9. The first-order valence-corrected chi connectivity index (χ1v) is 14.6. The summed E-state index contributed by atoms with van der Waals surface area (Å²) in [5.74, 6) is 1.63. The lowest BCUT2D eigenvalue weighted by Gasteiger charge is -2.20. The molecule has 0 bridgehead atoms. The molecule has 1 heteroatoms. The summed E-state index contributed by atoms with van der Waals surface area (Å²) >= 11 is 0. The van der Waals surface area contributed by atoms with E-state index in [4.69, 9.17) is 0 Å². The predicted octanol–water partition coefficient (Wildman–Crippen LogP) is 10.9. The number of carbonyl (C=O) groups excluding carboxylic acids is 1. The molecule has 0 aliphatic rings. The molecular formula is C39H46O. The van der Waals surface area contributed by atoms with Gasteiger partial charge in [0.25, 0.3) is 0 Å². The average molecular weight is 531 g/mol. The van der Waals surface area contributed by atoms with Crippen molar-refractivity contribution >= 4 is 17.4 Å². The van der Waals surface area contributed by atoms with Gasteiger partial charge in [0.2, 0.25) is 0 Å². The quantitative estimate of drug-likeness (QED) is 0.104. The molecule has 40 heavy (non-hydrogen) atoms. The first kappa shape index (κ1) is 30.8. The summed E-state index contributed by atoms with van der Waals surface area (Å²) in [6, 6.07) is 26.3. The lowest BCUT2D eigenvalue weighted by Crippen LogP contribution is -2.01. The van der Waals surface area contributed by atoms with E-state index in [9.17, 15) is 4.79 Å². The summed E-state index contributed by atoms with van der Waals surface area (Å²) in [6.45, 7) is 21.5. The van der Waals surface area contributed by atoms with Crippen LogP contribution in [0.1, 0.15) is 107 Å². The van der Waals surface area contributed by atoms with Crippen LogP contribution in [0, 0.1) is 5.92 Å². The van der Waals surface area contributed by atoms with Crippen LogP contribution in [0.15, 0.2) is 109 Å². The van der Waals surface area contributed by atoms with Crippen LogP contribution in [-0.4, -0.2) is 6.29 Å². The van der Waals surface area contributed by atoms with Gasteiger partial charge in [-0.3, -0.25) is 4.79 Å². The van der Waals surface area contributed by atoms with E-state index in [2.05, 4.69) is 135 Å². The number of benzene rings is 3. The molecule has 0 saturated heterocycles. The molecule has 0 N–H and O–H groups in total. The summed E-state index contributed by atoms with van der Waals surface area (Å²) in [4.78, 5) is 12.9. The van der Waals surface area contributed by atoms with Gasteiger partial charge in [0, 0.05) is 11.1 Å². The molecular weight excluding hydrogens is 484 g/mol. The van der Waals surface area contributed by atoms with Gasteiger partial charge in [0.1, 0.15) is 0 Å². The Morgan fingerprint density at radius 3 is 1.25 bits per heavy atom. The topological polar surface area (TPSA) is 17.1 Å². The van der Waals surface area contributed by atoms with Gasteiger partial charge in [-0.25, -0.2) is 0 Å². The number of aldehydes is 1. The Hall–Kier alpha value is -3.71. The van der Waals surface area contributed by atoms with Crippen molar-refractivity contribution in [2.75, 3.05) is 0 Å². The molecule has 0 spiro atoms. The van der Waals surface area contributed by atoms with Crippen LogP contribution < -0.4 is 0 Å². The van der Waals surface area contributed by atoms with Gasteiger partial charge < -0.3 is 0 Å². The highest BCUT2D eigenvalue weighted by molar-refractivity contribution is 6.12.